The number of aromatic nitrogens is 1. The number of oxazole rings is 1. The van der Waals surface area contributed by atoms with Crippen molar-refractivity contribution in [2.75, 3.05) is 7.11 Å². The minimum absolute atomic E-state index is 0.224. The van der Waals surface area contributed by atoms with E-state index >= 15 is 0 Å². The highest BCUT2D eigenvalue weighted by Crippen LogP contribution is 2.30. The lowest BCUT2D eigenvalue weighted by Gasteiger charge is -1.96. The average Bonchev–Trinajstić information content (AvgIpc) is 2.95. The second-order valence-electron chi connectivity index (χ2n) is 3.97. The van der Waals surface area contributed by atoms with Crippen LogP contribution in [0.5, 0.6) is 0 Å². The molecule has 0 aliphatic rings. The normalized spacial score (nSPS) is 10.6. The second-order valence-corrected chi connectivity index (χ2v) is 4.89. The van der Waals surface area contributed by atoms with Gasteiger partial charge in [0, 0.05) is 0 Å². The molecule has 0 aromatic carbocycles. The van der Waals surface area contributed by atoms with Crippen LogP contribution in [0.1, 0.15) is 35.2 Å². The van der Waals surface area contributed by atoms with E-state index in [9.17, 15) is 4.79 Å². The average molecular weight is 265 g/mol. The van der Waals surface area contributed by atoms with Crippen molar-refractivity contribution in [3.63, 3.8) is 0 Å². The third-order valence-electron chi connectivity index (χ3n) is 2.61. The summed E-state index contributed by atoms with van der Waals surface area (Å²) in [6.07, 6.45) is 1.61. The molecule has 2 heterocycles. The molecule has 0 aliphatic carbocycles. The molecule has 96 valence electrons. The van der Waals surface area contributed by atoms with Crippen molar-refractivity contribution >= 4 is 17.3 Å². The summed E-state index contributed by atoms with van der Waals surface area (Å²) in [5.41, 5.74) is 1.77. The van der Waals surface area contributed by atoms with E-state index in [1.165, 1.54) is 7.11 Å². The predicted octanol–water partition coefficient (Wildman–Crippen LogP) is 3.45. The number of nitrogens with zero attached hydrogens (tertiary/aromatic N) is 1. The number of rotatable bonds is 4. The minimum Gasteiger partial charge on any atom is -0.463 e. The SMILES string of the molecule is CCCc1nc(-c2sccc2C)oc1C(=O)OC. The van der Waals surface area contributed by atoms with Crippen molar-refractivity contribution in [3.8, 4) is 10.8 Å². The van der Waals surface area contributed by atoms with E-state index in [4.69, 9.17) is 9.15 Å². The Balaban J connectivity index is 2.45. The van der Waals surface area contributed by atoms with Gasteiger partial charge in [-0.25, -0.2) is 9.78 Å². The van der Waals surface area contributed by atoms with Gasteiger partial charge in [0.1, 0.15) is 0 Å². The minimum atomic E-state index is -0.466. The van der Waals surface area contributed by atoms with Gasteiger partial charge in [0.2, 0.25) is 11.7 Å². The summed E-state index contributed by atoms with van der Waals surface area (Å²) in [5, 5.41) is 1.98. The highest BCUT2D eigenvalue weighted by atomic mass is 32.1. The fraction of sp³-hybridized carbons (Fsp3) is 0.385. The van der Waals surface area contributed by atoms with Crippen LogP contribution in [-0.4, -0.2) is 18.1 Å². The molecule has 18 heavy (non-hydrogen) atoms. The molecule has 0 saturated heterocycles. The molecule has 0 spiro atoms. The van der Waals surface area contributed by atoms with Crippen LogP contribution >= 0.6 is 11.3 Å². The zero-order valence-electron chi connectivity index (χ0n) is 10.6. The van der Waals surface area contributed by atoms with E-state index in [0.29, 0.717) is 18.0 Å². The van der Waals surface area contributed by atoms with Crippen molar-refractivity contribution in [3.05, 3.63) is 28.5 Å². The van der Waals surface area contributed by atoms with E-state index in [2.05, 4.69) is 4.98 Å². The van der Waals surface area contributed by atoms with Gasteiger partial charge < -0.3 is 9.15 Å². The lowest BCUT2D eigenvalue weighted by Crippen LogP contribution is -2.03. The van der Waals surface area contributed by atoms with E-state index in [1.54, 1.807) is 11.3 Å². The quantitative estimate of drug-likeness (QED) is 0.794. The van der Waals surface area contributed by atoms with Gasteiger partial charge in [0.05, 0.1) is 17.7 Å². The van der Waals surface area contributed by atoms with Crippen molar-refractivity contribution in [1.29, 1.82) is 0 Å². The molecule has 0 N–H and O–H groups in total. The summed E-state index contributed by atoms with van der Waals surface area (Å²) in [5.74, 6) is 0.264. The fourth-order valence-electron chi connectivity index (χ4n) is 1.70. The smallest absolute Gasteiger partial charge is 0.376 e. The van der Waals surface area contributed by atoms with Crippen molar-refractivity contribution in [2.24, 2.45) is 0 Å². The number of aryl methyl sites for hydroxylation is 2. The summed E-state index contributed by atoms with van der Waals surface area (Å²) >= 11 is 1.55. The van der Waals surface area contributed by atoms with Gasteiger partial charge in [-0.1, -0.05) is 13.3 Å². The van der Waals surface area contributed by atoms with Crippen LogP contribution in [0, 0.1) is 6.92 Å². The Morgan fingerprint density at radius 1 is 1.56 bits per heavy atom. The summed E-state index contributed by atoms with van der Waals surface area (Å²) in [6.45, 7) is 4.03. The molecule has 0 atom stereocenters. The summed E-state index contributed by atoms with van der Waals surface area (Å²) in [4.78, 5) is 17.0. The first-order valence-electron chi connectivity index (χ1n) is 5.79. The molecule has 2 rings (SSSR count). The van der Waals surface area contributed by atoms with Gasteiger partial charge in [0.25, 0.3) is 0 Å². The molecule has 0 unspecified atom stereocenters. The third-order valence-corrected chi connectivity index (χ3v) is 3.62. The first-order chi connectivity index (χ1) is 8.67. The van der Waals surface area contributed by atoms with Crippen LogP contribution in [-0.2, 0) is 11.2 Å². The Labute approximate surface area is 110 Å². The number of methoxy groups -OCH3 is 1. The molecule has 0 radical (unpaired) electrons. The Kier molecular flexibility index (Phi) is 3.81. The summed E-state index contributed by atoms with van der Waals surface area (Å²) in [6, 6.07) is 2.00. The van der Waals surface area contributed by atoms with Crippen molar-refractivity contribution in [2.45, 2.75) is 26.7 Å². The van der Waals surface area contributed by atoms with Crippen LogP contribution in [0.3, 0.4) is 0 Å². The molecular formula is C13H15NO3S. The van der Waals surface area contributed by atoms with Gasteiger partial charge in [-0.2, -0.15) is 0 Å². The van der Waals surface area contributed by atoms with Gasteiger partial charge >= 0.3 is 5.97 Å². The molecule has 0 amide bonds. The van der Waals surface area contributed by atoms with E-state index in [0.717, 1.165) is 16.9 Å². The molecule has 0 saturated carbocycles. The number of hydrogen-bond donors (Lipinski definition) is 0. The molecule has 0 aliphatic heterocycles. The molecule has 2 aromatic heterocycles. The maximum Gasteiger partial charge on any atom is 0.376 e. The number of carbonyl (C=O) groups excluding carboxylic acids is 1. The van der Waals surface area contributed by atoms with Gasteiger partial charge in [-0.15, -0.1) is 11.3 Å². The first-order valence-corrected chi connectivity index (χ1v) is 6.67. The maximum atomic E-state index is 11.6. The predicted molar refractivity (Wildman–Crippen MR) is 69.9 cm³/mol. The van der Waals surface area contributed by atoms with Gasteiger partial charge in [-0.05, 0) is 30.4 Å². The first kappa shape index (κ1) is 12.8. The molecule has 4 nitrogen and oxygen atoms in total. The van der Waals surface area contributed by atoms with Crippen molar-refractivity contribution in [1.82, 2.24) is 4.98 Å². The van der Waals surface area contributed by atoms with E-state index in [1.807, 2.05) is 25.3 Å². The van der Waals surface area contributed by atoms with E-state index in [-0.39, 0.29) is 5.76 Å². The molecule has 5 heteroatoms. The largest absolute Gasteiger partial charge is 0.463 e. The second kappa shape index (κ2) is 5.35. The zero-order chi connectivity index (χ0) is 13.1. The topological polar surface area (TPSA) is 52.3 Å². The van der Waals surface area contributed by atoms with Crippen LogP contribution in [0.25, 0.3) is 10.8 Å². The summed E-state index contributed by atoms with van der Waals surface area (Å²) in [7, 11) is 1.34. The van der Waals surface area contributed by atoms with E-state index < -0.39 is 5.97 Å². The molecule has 0 fully saturated rings. The van der Waals surface area contributed by atoms with Crippen LogP contribution in [0.4, 0.5) is 0 Å². The molecule has 2 aromatic rings. The van der Waals surface area contributed by atoms with Crippen LogP contribution in [0.15, 0.2) is 15.9 Å². The Morgan fingerprint density at radius 2 is 2.33 bits per heavy atom. The number of hydrogen-bond acceptors (Lipinski definition) is 5. The van der Waals surface area contributed by atoms with Gasteiger partial charge in [-0.3, -0.25) is 0 Å². The van der Waals surface area contributed by atoms with Gasteiger partial charge in [0.15, 0.2) is 0 Å². The third kappa shape index (κ3) is 2.31. The maximum absolute atomic E-state index is 11.6. The lowest BCUT2D eigenvalue weighted by molar-refractivity contribution is 0.0564. The standard InChI is InChI=1S/C13H15NO3S/c1-4-5-9-10(13(15)16-3)17-12(14-9)11-8(2)6-7-18-11/h6-7H,4-5H2,1-3H3. The highest BCUT2D eigenvalue weighted by molar-refractivity contribution is 7.13. The number of carbonyl (C=O) groups is 1. The Hall–Kier alpha value is -1.62. The fourth-order valence-corrected chi connectivity index (χ4v) is 2.55. The van der Waals surface area contributed by atoms with Crippen molar-refractivity contribution < 1.29 is 13.9 Å². The monoisotopic (exact) mass is 265 g/mol. The highest BCUT2D eigenvalue weighted by Gasteiger charge is 2.22. The Bertz CT molecular complexity index is 556. The number of esters is 1. The Morgan fingerprint density at radius 3 is 2.89 bits per heavy atom. The number of ether oxygens (including phenoxy) is 1. The lowest BCUT2D eigenvalue weighted by atomic mass is 10.2. The molecule has 0 bridgehead atoms. The summed E-state index contributed by atoms with van der Waals surface area (Å²) < 4.78 is 10.3. The van der Waals surface area contributed by atoms with Crippen LogP contribution < -0.4 is 0 Å². The zero-order valence-corrected chi connectivity index (χ0v) is 11.5. The van der Waals surface area contributed by atoms with Crippen LogP contribution in [0.2, 0.25) is 0 Å². The number of thiophene rings is 1. The molecular weight excluding hydrogens is 250 g/mol.